The van der Waals surface area contributed by atoms with E-state index in [2.05, 4.69) is 19.9 Å². The van der Waals surface area contributed by atoms with Gasteiger partial charge in [-0.1, -0.05) is 0 Å². The van der Waals surface area contributed by atoms with E-state index >= 15 is 0 Å². The van der Waals surface area contributed by atoms with Gasteiger partial charge in [-0.2, -0.15) is 0 Å². The number of ether oxygens (including phenoxy) is 1. The summed E-state index contributed by atoms with van der Waals surface area (Å²) in [6, 6.07) is 3.78. The van der Waals surface area contributed by atoms with Crippen LogP contribution in [-0.4, -0.2) is 43.3 Å². The second-order valence-corrected chi connectivity index (χ2v) is 7.73. The third-order valence-electron chi connectivity index (χ3n) is 5.59. The smallest absolute Gasteiger partial charge is 0.247 e. The Morgan fingerprint density at radius 1 is 1.26 bits per heavy atom. The third-order valence-corrected chi connectivity index (χ3v) is 5.59. The van der Waals surface area contributed by atoms with Gasteiger partial charge in [0.25, 0.3) is 0 Å². The minimum atomic E-state index is -0.128. The zero-order chi connectivity index (χ0) is 21.4. The van der Waals surface area contributed by atoms with Crippen LogP contribution in [0.3, 0.4) is 0 Å². The number of aromatic nitrogens is 5. The van der Waals surface area contributed by atoms with Gasteiger partial charge in [0.15, 0.2) is 17.3 Å². The van der Waals surface area contributed by atoms with Crippen molar-refractivity contribution in [2.45, 2.75) is 26.2 Å². The highest BCUT2D eigenvalue weighted by atomic mass is 16.5. The Labute approximate surface area is 178 Å². The average Bonchev–Trinajstić information content (AvgIpc) is 3.55. The zero-order valence-corrected chi connectivity index (χ0v) is 17.1. The summed E-state index contributed by atoms with van der Waals surface area (Å²) in [5.41, 5.74) is 9.75. The van der Waals surface area contributed by atoms with Crippen molar-refractivity contribution in [2.24, 2.45) is 5.92 Å². The van der Waals surface area contributed by atoms with Gasteiger partial charge in [0.2, 0.25) is 5.89 Å². The number of rotatable bonds is 6. The first-order valence-corrected chi connectivity index (χ1v) is 10.2. The molecular weight excluding hydrogens is 396 g/mol. The van der Waals surface area contributed by atoms with E-state index in [4.69, 9.17) is 14.9 Å². The number of hydrogen-bond acceptors (Lipinski definition) is 8. The topological polar surface area (TPSA) is 121 Å². The maximum Gasteiger partial charge on any atom is 0.247 e. The van der Waals surface area contributed by atoms with Crippen LogP contribution in [0.15, 0.2) is 41.4 Å². The number of carbonyl (C=O) groups excluding carboxylic acids is 1. The van der Waals surface area contributed by atoms with Crippen molar-refractivity contribution in [1.29, 1.82) is 0 Å². The maximum atomic E-state index is 13.0. The molecule has 0 unspecified atom stereocenters. The summed E-state index contributed by atoms with van der Waals surface area (Å²) in [7, 11) is 0. The van der Waals surface area contributed by atoms with E-state index in [0.717, 1.165) is 36.4 Å². The lowest BCUT2D eigenvalue weighted by Crippen LogP contribution is -2.13. The van der Waals surface area contributed by atoms with E-state index in [1.807, 2.05) is 29.7 Å². The summed E-state index contributed by atoms with van der Waals surface area (Å²) in [5.74, 6) is 0.635. The van der Waals surface area contributed by atoms with Crippen LogP contribution in [0, 0.1) is 12.8 Å². The molecule has 5 rings (SSSR count). The first kappa shape index (κ1) is 19.4. The molecule has 1 fully saturated rings. The SMILES string of the molecule is Cc1cnc2ccc(-c3nc(C(=O)CC[C@H]4CCOC4)c(N)nc3-c3ncco3)cn12. The molecule has 4 aromatic heterocycles. The number of oxazole rings is 1. The number of anilines is 1. The van der Waals surface area contributed by atoms with E-state index in [-0.39, 0.29) is 17.3 Å². The van der Waals surface area contributed by atoms with Crippen LogP contribution in [0.1, 0.15) is 35.4 Å². The van der Waals surface area contributed by atoms with Crippen LogP contribution >= 0.6 is 0 Å². The van der Waals surface area contributed by atoms with Crippen LogP contribution in [0.5, 0.6) is 0 Å². The van der Waals surface area contributed by atoms with Gasteiger partial charge in [-0.3, -0.25) is 4.79 Å². The lowest BCUT2D eigenvalue weighted by atomic mass is 9.99. The highest BCUT2D eigenvalue weighted by Gasteiger charge is 2.24. The van der Waals surface area contributed by atoms with Gasteiger partial charge in [-0.25, -0.2) is 19.9 Å². The van der Waals surface area contributed by atoms with Crippen LogP contribution in [-0.2, 0) is 4.74 Å². The number of carbonyl (C=O) groups is 1. The molecule has 1 aliphatic heterocycles. The third kappa shape index (κ3) is 3.68. The summed E-state index contributed by atoms with van der Waals surface area (Å²) in [6.45, 7) is 3.42. The molecule has 0 aromatic carbocycles. The Kier molecular flexibility index (Phi) is 4.95. The number of aryl methyl sites for hydroxylation is 1. The number of fused-ring (bicyclic) bond motifs is 1. The molecule has 0 saturated carbocycles. The molecule has 5 heterocycles. The summed E-state index contributed by atoms with van der Waals surface area (Å²) in [5, 5.41) is 0. The molecule has 1 aliphatic rings. The molecule has 2 N–H and O–H groups in total. The quantitative estimate of drug-likeness (QED) is 0.473. The second kappa shape index (κ2) is 7.92. The Hall–Kier alpha value is -3.59. The lowest BCUT2D eigenvalue weighted by molar-refractivity contribution is 0.0967. The summed E-state index contributed by atoms with van der Waals surface area (Å²) < 4.78 is 12.8. The fourth-order valence-corrected chi connectivity index (χ4v) is 3.85. The zero-order valence-electron chi connectivity index (χ0n) is 17.1. The van der Waals surface area contributed by atoms with Crippen LogP contribution in [0.4, 0.5) is 5.82 Å². The van der Waals surface area contributed by atoms with Gasteiger partial charge in [0.05, 0.1) is 6.20 Å². The van der Waals surface area contributed by atoms with E-state index < -0.39 is 0 Å². The summed E-state index contributed by atoms with van der Waals surface area (Å²) >= 11 is 0. The van der Waals surface area contributed by atoms with E-state index in [0.29, 0.717) is 36.2 Å². The minimum absolute atomic E-state index is 0.0736. The molecule has 0 aliphatic carbocycles. The normalized spacial score (nSPS) is 16.2. The van der Waals surface area contributed by atoms with Crippen molar-refractivity contribution < 1.29 is 13.9 Å². The Morgan fingerprint density at radius 2 is 2.16 bits per heavy atom. The molecule has 31 heavy (non-hydrogen) atoms. The van der Waals surface area contributed by atoms with Crippen molar-refractivity contribution in [2.75, 3.05) is 18.9 Å². The molecule has 1 saturated heterocycles. The first-order valence-electron chi connectivity index (χ1n) is 10.2. The van der Waals surface area contributed by atoms with Crippen molar-refractivity contribution in [1.82, 2.24) is 24.3 Å². The predicted molar refractivity (Wildman–Crippen MR) is 113 cm³/mol. The molecule has 0 bridgehead atoms. The molecule has 1 atom stereocenters. The van der Waals surface area contributed by atoms with Crippen molar-refractivity contribution in [3.05, 3.63) is 48.4 Å². The molecule has 0 amide bonds. The van der Waals surface area contributed by atoms with E-state index in [1.165, 1.54) is 12.5 Å². The number of nitrogens with two attached hydrogens (primary N) is 1. The molecule has 0 spiro atoms. The van der Waals surface area contributed by atoms with Gasteiger partial charge in [-0.15, -0.1) is 0 Å². The largest absolute Gasteiger partial charge is 0.443 e. The van der Waals surface area contributed by atoms with E-state index in [9.17, 15) is 4.79 Å². The predicted octanol–water partition coefficient (Wildman–Crippen LogP) is 3.34. The molecule has 9 heteroatoms. The van der Waals surface area contributed by atoms with Gasteiger partial charge in [0, 0.05) is 43.3 Å². The van der Waals surface area contributed by atoms with Crippen molar-refractivity contribution in [3.63, 3.8) is 0 Å². The summed E-state index contributed by atoms with van der Waals surface area (Å²) in [4.78, 5) is 30.6. The number of nitrogens with zero attached hydrogens (tertiary/aromatic N) is 5. The Balaban J connectivity index is 1.57. The minimum Gasteiger partial charge on any atom is -0.443 e. The Morgan fingerprint density at radius 3 is 2.94 bits per heavy atom. The number of hydrogen-bond donors (Lipinski definition) is 1. The second-order valence-electron chi connectivity index (χ2n) is 7.73. The molecular formula is C22H22N6O3. The average molecular weight is 418 g/mol. The first-order chi connectivity index (χ1) is 15.1. The van der Waals surface area contributed by atoms with Gasteiger partial charge < -0.3 is 19.3 Å². The van der Waals surface area contributed by atoms with Crippen molar-refractivity contribution >= 4 is 17.2 Å². The monoisotopic (exact) mass is 418 g/mol. The van der Waals surface area contributed by atoms with Crippen LogP contribution in [0.25, 0.3) is 28.5 Å². The fraction of sp³-hybridized carbons (Fsp3) is 0.318. The number of nitrogen functional groups attached to an aromatic ring is 1. The molecule has 4 aromatic rings. The standard InChI is InChI=1S/C22H22N6O3/c1-13-10-25-17-5-3-15(11-28(13)17)18-20(22-24-7-9-31-22)27-21(23)19(26-18)16(29)4-2-14-6-8-30-12-14/h3,5,7,9-11,14H,2,4,6,8,12H2,1H3,(H2,23,27)/t14-/m0/s1. The molecule has 9 nitrogen and oxygen atoms in total. The molecule has 158 valence electrons. The van der Waals surface area contributed by atoms with Gasteiger partial charge >= 0.3 is 0 Å². The number of imidazole rings is 1. The van der Waals surface area contributed by atoms with Crippen LogP contribution in [0.2, 0.25) is 0 Å². The Bertz CT molecular complexity index is 1240. The van der Waals surface area contributed by atoms with E-state index in [1.54, 1.807) is 6.20 Å². The van der Waals surface area contributed by atoms with Crippen LogP contribution < -0.4 is 5.73 Å². The fourth-order valence-electron chi connectivity index (χ4n) is 3.85. The van der Waals surface area contributed by atoms with Gasteiger partial charge in [-0.05, 0) is 37.8 Å². The van der Waals surface area contributed by atoms with Gasteiger partial charge in [0.1, 0.15) is 23.3 Å². The number of Topliss-reactive ketones (excluding diaryl/α,β-unsaturated/α-hetero) is 1. The number of ketones is 1. The van der Waals surface area contributed by atoms with Crippen molar-refractivity contribution in [3.8, 4) is 22.8 Å². The number of pyridine rings is 1. The molecule has 0 radical (unpaired) electrons. The lowest BCUT2D eigenvalue weighted by Gasteiger charge is -2.12. The highest BCUT2D eigenvalue weighted by Crippen LogP contribution is 2.31. The maximum absolute atomic E-state index is 13.0. The summed E-state index contributed by atoms with van der Waals surface area (Å²) in [6.07, 6.45) is 8.78. The highest BCUT2D eigenvalue weighted by molar-refractivity contribution is 5.99.